The number of carbonyl (C=O) groups is 1. The standard InChI is InChI=1S/C15H22N2O3S/c1-10-4-5-11(8-18)7-17(10)15(19)12-9-21-14(16-12)13-3-2-6-20-13/h9-11,13,18H,2-8H2,1H3. The van der Waals surface area contributed by atoms with E-state index in [0.29, 0.717) is 12.2 Å². The molecule has 2 aliphatic heterocycles. The van der Waals surface area contributed by atoms with Crippen molar-refractivity contribution in [1.82, 2.24) is 9.88 Å². The third kappa shape index (κ3) is 3.12. The summed E-state index contributed by atoms with van der Waals surface area (Å²) < 4.78 is 5.62. The molecule has 1 N–H and O–H groups in total. The summed E-state index contributed by atoms with van der Waals surface area (Å²) in [6, 6.07) is 0.216. The monoisotopic (exact) mass is 310 g/mol. The minimum absolute atomic E-state index is 0.0128. The molecule has 3 unspecified atom stereocenters. The molecule has 21 heavy (non-hydrogen) atoms. The summed E-state index contributed by atoms with van der Waals surface area (Å²) in [6.45, 7) is 3.63. The van der Waals surface area contributed by atoms with E-state index < -0.39 is 0 Å². The fourth-order valence-electron chi connectivity index (χ4n) is 3.07. The highest BCUT2D eigenvalue weighted by Gasteiger charge is 2.31. The summed E-state index contributed by atoms with van der Waals surface area (Å²) >= 11 is 1.51. The highest BCUT2D eigenvalue weighted by atomic mass is 32.1. The van der Waals surface area contributed by atoms with Crippen molar-refractivity contribution in [3.8, 4) is 0 Å². The summed E-state index contributed by atoms with van der Waals surface area (Å²) in [4.78, 5) is 19.0. The molecule has 1 amide bonds. The number of aromatic nitrogens is 1. The molecule has 3 heterocycles. The quantitative estimate of drug-likeness (QED) is 0.930. The highest BCUT2D eigenvalue weighted by molar-refractivity contribution is 7.09. The Bertz CT molecular complexity index is 499. The molecule has 2 fully saturated rings. The molecular weight excluding hydrogens is 288 g/mol. The summed E-state index contributed by atoms with van der Waals surface area (Å²) in [5, 5.41) is 12.1. The van der Waals surface area contributed by atoms with Crippen LogP contribution in [0.15, 0.2) is 5.38 Å². The Hall–Kier alpha value is -0.980. The van der Waals surface area contributed by atoms with E-state index in [-0.39, 0.29) is 30.6 Å². The summed E-state index contributed by atoms with van der Waals surface area (Å²) in [5.41, 5.74) is 0.524. The summed E-state index contributed by atoms with van der Waals surface area (Å²) in [5.74, 6) is 0.183. The SMILES string of the molecule is CC1CCC(CO)CN1C(=O)c1csc(C2CCCO2)n1. The molecule has 116 valence electrons. The molecule has 0 bridgehead atoms. The topological polar surface area (TPSA) is 62.7 Å². The molecule has 2 aliphatic rings. The Morgan fingerprint density at radius 1 is 1.52 bits per heavy atom. The van der Waals surface area contributed by atoms with Gasteiger partial charge in [-0.2, -0.15) is 0 Å². The van der Waals surface area contributed by atoms with Crippen molar-refractivity contribution >= 4 is 17.2 Å². The molecule has 5 nitrogen and oxygen atoms in total. The van der Waals surface area contributed by atoms with Crippen LogP contribution in [0.25, 0.3) is 0 Å². The Kier molecular flexibility index (Phi) is 4.57. The lowest BCUT2D eigenvalue weighted by Gasteiger charge is -2.37. The van der Waals surface area contributed by atoms with Crippen LogP contribution < -0.4 is 0 Å². The van der Waals surface area contributed by atoms with Gasteiger partial charge in [-0.05, 0) is 38.5 Å². The smallest absolute Gasteiger partial charge is 0.273 e. The predicted molar refractivity (Wildman–Crippen MR) is 80.3 cm³/mol. The van der Waals surface area contributed by atoms with Crippen molar-refractivity contribution in [3.63, 3.8) is 0 Å². The minimum Gasteiger partial charge on any atom is -0.396 e. The number of rotatable bonds is 3. The van der Waals surface area contributed by atoms with E-state index in [9.17, 15) is 9.90 Å². The number of piperidine rings is 1. The third-order valence-corrected chi connectivity index (χ3v) is 5.38. The van der Waals surface area contributed by atoms with Crippen LogP contribution >= 0.6 is 11.3 Å². The second-order valence-corrected chi connectivity index (χ2v) is 6.89. The summed E-state index contributed by atoms with van der Waals surface area (Å²) in [6.07, 6.45) is 4.06. The lowest BCUT2D eigenvalue weighted by atomic mass is 9.94. The zero-order valence-corrected chi connectivity index (χ0v) is 13.1. The van der Waals surface area contributed by atoms with E-state index in [1.165, 1.54) is 11.3 Å². The molecule has 0 aliphatic carbocycles. The van der Waals surface area contributed by atoms with Crippen LogP contribution in [0.4, 0.5) is 0 Å². The molecule has 0 spiro atoms. The predicted octanol–water partition coefficient (Wildman–Crippen LogP) is 2.23. The van der Waals surface area contributed by atoms with E-state index in [4.69, 9.17) is 4.74 Å². The first kappa shape index (κ1) is 14.9. The summed E-state index contributed by atoms with van der Waals surface area (Å²) in [7, 11) is 0. The second kappa shape index (κ2) is 6.42. The van der Waals surface area contributed by atoms with Gasteiger partial charge in [0, 0.05) is 31.2 Å². The van der Waals surface area contributed by atoms with Crippen LogP contribution in [0.3, 0.4) is 0 Å². The van der Waals surface area contributed by atoms with Gasteiger partial charge in [0.1, 0.15) is 16.8 Å². The fourth-order valence-corrected chi connectivity index (χ4v) is 3.94. The average Bonchev–Trinajstić information content (AvgIpc) is 3.18. The minimum atomic E-state index is -0.0128. The largest absolute Gasteiger partial charge is 0.396 e. The van der Waals surface area contributed by atoms with Gasteiger partial charge in [0.05, 0.1) is 0 Å². The maximum absolute atomic E-state index is 12.6. The van der Waals surface area contributed by atoms with Crippen LogP contribution in [0, 0.1) is 5.92 Å². The average molecular weight is 310 g/mol. The molecular formula is C15H22N2O3S. The number of hydrogen-bond acceptors (Lipinski definition) is 5. The molecule has 0 saturated carbocycles. The fraction of sp³-hybridized carbons (Fsp3) is 0.733. The number of amides is 1. The van der Waals surface area contributed by atoms with E-state index in [0.717, 1.165) is 37.3 Å². The number of aliphatic hydroxyl groups excluding tert-OH is 1. The normalized spacial score (nSPS) is 29.8. The molecule has 0 aromatic carbocycles. The van der Waals surface area contributed by atoms with Crippen LogP contribution in [0.1, 0.15) is 54.2 Å². The number of hydrogen-bond donors (Lipinski definition) is 1. The zero-order valence-electron chi connectivity index (χ0n) is 12.3. The Balaban J connectivity index is 1.71. The van der Waals surface area contributed by atoms with E-state index in [1.807, 2.05) is 10.3 Å². The lowest BCUT2D eigenvalue weighted by molar-refractivity contribution is 0.0483. The first-order valence-electron chi connectivity index (χ1n) is 7.68. The van der Waals surface area contributed by atoms with Crippen molar-refractivity contribution in [1.29, 1.82) is 0 Å². The van der Waals surface area contributed by atoms with Crippen LogP contribution in [0.5, 0.6) is 0 Å². The third-order valence-electron chi connectivity index (χ3n) is 4.44. The van der Waals surface area contributed by atoms with Gasteiger partial charge in [-0.1, -0.05) is 0 Å². The van der Waals surface area contributed by atoms with Crippen LogP contribution in [0.2, 0.25) is 0 Å². The van der Waals surface area contributed by atoms with E-state index in [2.05, 4.69) is 11.9 Å². The van der Waals surface area contributed by atoms with Gasteiger partial charge in [-0.25, -0.2) is 4.98 Å². The van der Waals surface area contributed by atoms with Crippen molar-refractivity contribution in [2.75, 3.05) is 19.8 Å². The molecule has 0 radical (unpaired) electrons. The molecule has 1 aromatic heterocycles. The first-order chi connectivity index (χ1) is 10.2. The van der Waals surface area contributed by atoms with Gasteiger partial charge in [0.15, 0.2) is 0 Å². The van der Waals surface area contributed by atoms with Crippen molar-refractivity contribution < 1.29 is 14.6 Å². The molecule has 2 saturated heterocycles. The van der Waals surface area contributed by atoms with E-state index in [1.54, 1.807) is 0 Å². The van der Waals surface area contributed by atoms with Gasteiger partial charge in [-0.3, -0.25) is 4.79 Å². The number of aliphatic hydroxyl groups is 1. The van der Waals surface area contributed by atoms with Crippen LogP contribution in [-0.4, -0.2) is 46.7 Å². The molecule has 6 heteroatoms. The van der Waals surface area contributed by atoms with Gasteiger partial charge in [0.2, 0.25) is 0 Å². The second-order valence-electron chi connectivity index (χ2n) is 6.01. The number of thiazole rings is 1. The maximum atomic E-state index is 12.6. The zero-order chi connectivity index (χ0) is 14.8. The molecule has 3 rings (SSSR count). The van der Waals surface area contributed by atoms with E-state index >= 15 is 0 Å². The highest BCUT2D eigenvalue weighted by Crippen LogP contribution is 2.31. The maximum Gasteiger partial charge on any atom is 0.273 e. The number of nitrogens with zero attached hydrogens (tertiary/aromatic N) is 2. The first-order valence-corrected chi connectivity index (χ1v) is 8.56. The lowest BCUT2D eigenvalue weighted by Crippen LogP contribution is -2.46. The van der Waals surface area contributed by atoms with Crippen molar-refractivity contribution in [3.05, 3.63) is 16.1 Å². The van der Waals surface area contributed by atoms with Gasteiger partial charge in [0.25, 0.3) is 5.91 Å². The van der Waals surface area contributed by atoms with Crippen molar-refractivity contribution in [2.45, 2.75) is 44.8 Å². The van der Waals surface area contributed by atoms with Crippen LogP contribution in [-0.2, 0) is 4.74 Å². The van der Waals surface area contributed by atoms with Gasteiger partial charge in [-0.15, -0.1) is 11.3 Å². The molecule has 1 aromatic rings. The van der Waals surface area contributed by atoms with Gasteiger partial charge < -0.3 is 14.7 Å². The van der Waals surface area contributed by atoms with Crippen molar-refractivity contribution in [2.24, 2.45) is 5.92 Å². The Labute approximate surface area is 128 Å². The number of likely N-dealkylation sites (tertiary alicyclic amines) is 1. The Morgan fingerprint density at radius 3 is 3.10 bits per heavy atom. The molecule has 3 atom stereocenters. The van der Waals surface area contributed by atoms with Gasteiger partial charge >= 0.3 is 0 Å². The number of ether oxygens (including phenoxy) is 1. The number of carbonyl (C=O) groups excluding carboxylic acids is 1. The Morgan fingerprint density at radius 2 is 2.38 bits per heavy atom.